The Hall–Kier alpha value is -2.57. The number of rotatable bonds is 3. The first-order valence-corrected chi connectivity index (χ1v) is 7.50. The summed E-state index contributed by atoms with van der Waals surface area (Å²) in [4.78, 5) is 25.8. The predicted octanol–water partition coefficient (Wildman–Crippen LogP) is 3.53. The molecule has 1 saturated carbocycles. The average molecular weight is 336 g/mol. The van der Waals surface area contributed by atoms with E-state index in [0.717, 1.165) is 5.56 Å². The number of carbonyl (C=O) groups is 1. The molecule has 2 aromatic rings. The van der Waals surface area contributed by atoms with Crippen molar-refractivity contribution in [1.82, 2.24) is 4.98 Å². The Morgan fingerprint density at radius 3 is 2.46 bits per heavy atom. The standard InChI is InChI=1S/C17H15F3N2O2/c18-17(19,20)13-8-14(16(24)21-9-13)22-15(23)12-6-11(7-12)10-4-2-1-3-5-10/h1-5,8-9,11-12H,6-7H2,(H,21,24)(H,22,23). The molecule has 1 aliphatic carbocycles. The smallest absolute Gasteiger partial charge is 0.327 e. The van der Waals surface area contributed by atoms with Crippen molar-refractivity contribution in [2.45, 2.75) is 24.9 Å². The van der Waals surface area contributed by atoms with Gasteiger partial charge >= 0.3 is 6.18 Å². The summed E-state index contributed by atoms with van der Waals surface area (Å²) in [7, 11) is 0. The van der Waals surface area contributed by atoms with Crippen LogP contribution in [0.4, 0.5) is 18.9 Å². The molecule has 3 rings (SSSR count). The molecule has 7 heteroatoms. The number of hydrogen-bond donors (Lipinski definition) is 2. The summed E-state index contributed by atoms with van der Waals surface area (Å²) in [5.41, 5.74) is -1.00. The molecule has 0 unspecified atom stereocenters. The van der Waals surface area contributed by atoms with Crippen molar-refractivity contribution in [3.8, 4) is 0 Å². The molecule has 1 fully saturated rings. The van der Waals surface area contributed by atoms with Crippen molar-refractivity contribution in [3.63, 3.8) is 0 Å². The third-order valence-corrected chi connectivity index (χ3v) is 4.27. The van der Waals surface area contributed by atoms with Crippen LogP contribution >= 0.6 is 0 Å². The zero-order valence-electron chi connectivity index (χ0n) is 12.6. The number of H-pyrrole nitrogens is 1. The van der Waals surface area contributed by atoms with Crippen LogP contribution in [0.2, 0.25) is 0 Å². The van der Waals surface area contributed by atoms with Crippen LogP contribution in [0.3, 0.4) is 0 Å². The maximum atomic E-state index is 12.7. The van der Waals surface area contributed by atoms with E-state index in [0.29, 0.717) is 25.1 Å². The molecule has 0 atom stereocenters. The monoisotopic (exact) mass is 336 g/mol. The summed E-state index contributed by atoms with van der Waals surface area (Å²) < 4.78 is 38.0. The number of hydrogen-bond acceptors (Lipinski definition) is 2. The van der Waals surface area contributed by atoms with Gasteiger partial charge < -0.3 is 10.3 Å². The largest absolute Gasteiger partial charge is 0.417 e. The van der Waals surface area contributed by atoms with Crippen LogP contribution in [0.1, 0.15) is 29.9 Å². The SMILES string of the molecule is O=C(Nc1cc(C(F)(F)F)c[nH]c1=O)C1CC(c2ccccc2)C1. The van der Waals surface area contributed by atoms with E-state index < -0.39 is 23.2 Å². The van der Waals surface area contributed by atoms with E-state index in [1.807, 2.05) is 35.3 Å². The molecule has 0 radical (unpaired) electrons. The normalized spacial score (nSPS) is 20.3. The van der Waals surface area contributed by atoms with E-state index >= 15 is 0 Å². The van der Waals surface area contributed by atoms with Crippen molar-refractivity contribution < 1.29 is 18.0 Å². The fourth-order valence-electron chi connectivity index (χ4n) is 2.80. The van der Waals surface area contributed by atoms with Gasteiger partial charge in [0.2, 0.25) is 5.91 Å². The molecular weight excluding hydrogens is 321 g/mol. The molecule has 126 valence electrons. The van der Waals surface area contributed by atoms with E-state index in [1.54, 1.807) is 0 Å². The molecule has 1 aliphatic rings. The van der Waals surface area contributed by atoms with E-state index in [-0.39, 0.29) is 17.5 Å². The first kappa shape index (κ1) is 16.3. The van der Waals surface area contributed by atoms with Crippen molar-refractivity contribution in [2.75, 3.05) is 5.32 Å². The van der Waals surface area contributed by atoms with Crippen LogP contribution in [-0.2, 0) is 11.0 Å². The van der Waals surface area contributed by atoms with Crippen molar-refractivity contribution in [3.05, 3.63) is 64.1 Å². The molecule has 0 saturated heterocycles. The Balaban J connectivity index is 1.65. The molecule has 0 spiro atoms. The first-order valence-electron chi connectivity index (χ1n) is 7.50. The summed E-state index contributed by atoms with van der Waals surface area (Å²) >= 11 is 0. The lowest BCUT2D eigenvalue weighted by atomic mass is 9.71. The Morgan fingerprint density at radius 1 is 1.17 bits per heavy atom. The average Bonchev–Trinajstić information content (AvgIpc) is 2.48. The summed E-state index contributed by atoms with van der Waals surface area (Å²) in [5.74, 6) is -0.460. The van der Waals surface area contributed by atoms with Crippen LogP contribution in [0, 0.1) is 5.92 Å². The van der Waals surface area contributed by atoms with E-state index in [9.17, 15) is 22.8 Å². The second kappa shape index (κ2) is 6.14. The molecule has 1 amide bonds. The molecule has 24 heavy (non-hydrogen) atoms. The minimum Gasteiger partial charge on any atom is -0.327 e. The third kappa shape index (κ3) is 3.34. The Labute approximate surface area is 135 Å². The highest BCUT2D eigenvalue weighted by Crippen LogP contribution is 2.42. The van der Waals surface area contributed by atoms with Gasteiger partial charge in [0.15, 0.2) is 0 Å². The van der Waals surface area contributed by atoms with Crippen LogP contribution in [0.25, 0.3) is 0 Å². The summed E-state index contributed by atoms with van der Waals surface area (Å²) in [6, 6.07) is 10.4. The minimum atomic E-state index is -4.58. The summed E-state index contributed by atoms with van der Waals surface area (Å²) in [6.07, 6.45) is -2.76. The van der Waals surface area contributed by atoms with Gasteiger partial charge in [0.25, 0.3) is 5.56 Å². The van der Waals surface area contributed by atoms with E-state index in [1.165, 1.54) is 0 Å². The lowest BCUT2D eigenvalue weighted by Gasteiger charge is -2.34. The predicted molar refractivity (Wildman–Crippen MR) is 82.6 cm³/mol. The van der Waals surface area contributed by atoms with Crippen molar-refractivity contribution >= 4 is 11.6 Å². The van der Waals surface area contributed by atoms with Gasteiger partial charge in [0, 0.05) is 12.1 Å². The maximum Gasteiger partial charge on any atom is 0.417 e. The third-order valence-electron chi connectivity index (χ3n) is 4.27. The number of anilines is 1. The van der Waals surface area contributed by atoms with Crippen LogP contribution < -0.4 is 10.9 Å². The highest BCUT2D eigenvalue weighted by atomic mass is 19.4. The molecule has 1 heterocycles. The van der Waals surface area contributed by atoms with Crippen molar-refractivity contribution in [2.24, 2.45) is 5.92 Å². The number of carbonyl (C=O) groups excluding carboxylic acids is 1. The molecular formula is C17H15F3N2O2. The van der Waals surface area contributed by atoms with E-state index in [4.69, 9.17) is 0 Å². The van der Waals surface area contributed by atoms with E-state index in [2.05, 4.69) is 5.32 Å². The molecule has 2 N–H and O–H groups in total. The first-order chi connectivity index (χ1) is 11.3. The summed E-state index contributed by atoms with van der Waals surface area (Å²) in [6.45, 7) is 0. The zero-order chi connectivity index (χ0) is 17.3. The van der Waals surface area contributed by atoms with Gasteiger partial charge in [-0.1, -0.05) is 30.3 Å². The number of halogens is 3. The Morgan fingerprint density at radius 2 is 1.83 bits per heavy atom. The number of nitrogens with one attached hydrogen (secondary N) is 2. The number of aromatic amines is 1. The molecule has 4 nitrogen and oxygen atoms in total. The molecule has 1 aromatic heterocycles. The highest BCUT2D eigenvalue weighted by molar-refractivity contribution is 5.93. The molecule has 1 aromatic carbocycles. The zero-order valence-corrected chi connectivity index (χ0v) is 12.6. The number of amides is 1. The molecule has 0 aliphatic heterocycles. The van der Waals surface area contributed by atoms with Gasteiger partial charge in [0.05, 0.1) is 5.56 Å². The van der Waals surface area contributed by atoms with Gasteiger partial charge in [-0.15, -0.1) is 0 Å². The summed E-state index contributed by atoms with van der Waals surface area (Å²) in [5, 5.41) is 2.31. The Bertz CT molecular complexity index is 793. The fraction of sp³-hybridized carbons (Fsp3) is 0.294. The lowest BCUT2D eigenvalue weighted by molar-refractivity contribution is -0.137. The second-order valence-electron chi connectivity index (χ2n) is 5.89. The number of aromatic nitrogens is 1. The quantitative estimate of drug-likeness (QED) is 0.901. The van der Waals surface area contributed by atoms with Crippen molar-refractivity contribution in [1.29, 1.82) is 0 Å². The fourth-order valence-corrected chi connectivity index (χ4v) is 2.80. The number of alkyl halides is 3. The minimum absolute atomic E-state index is 0.266. The van der Waals surface area contributed by atoms with Gasteiger partial charge in [-0.25, -0.2) is 0 Å². The van der Waals surface area contributed by atoms with Gasteiger partial charge in [0.1, 0.15) is 5.69 Å². The molecule has 0 bridgehead atoms. The Kier molecular flexibility index (Phi) is 4.17. The van der Waals surface area contributed by atoms with Gasteiger partial charge in [-0.2, -0.15) is 13.2 Å². The lowest BCUT2D eigenvalue weighted by Crippen LogP contribution is -2.34. The topological polar surface area (TPSA) is 62.0 Å². The van der Waals surface area contributed by atoms with Crippen LogP contribution in [-0.4, -0.2) is 10.9 Å². The highest BCUT2D eigenvalue weighted by Gasteiger charge is 2.36. The maximum absolute atomic E-state index is 12.7. The van der Waals surface area contributed by atoms with Crippen LogP contribution in [0.15, 0.2) is 47.4 Å². The van der Waals surface area contributed by atoms with Crippen LogP contribution in [0.5, 0.6) is 0 Å². The number of benzene rings is 1. The van der Waals surface area contributed by atoms with Gasteiger partial charge in [-0.05, 0) is 30.4 Å². The second-order valence-corrected chi connectivity index (χ2v) is 5.89. The number of pyridine rings is 1. The van der Waals surface area contributed by atoms with Gasteiger partial charge in [-0.3, -0.25) is 9.59 Å².